The van der Waals surface area contributed by atoms with Crippen molar-refractivity contribution in [2.75, 3.05) is 5.32 Å². The summed E-state index contributed by atoms with van der Waals surface area (Å²) in [4.78, 5) is 11.9. The molecule has 1 aromatic carbocycles. The maximum Gasteiger partial charge on any atom is 0.238 e. The molecule has 21 heavy (non-hydrogen) atoms. The molecule has 7 heteroatoms. The molecule has 0 bridgehead atoms. The van der Waals surface area contributed by atoms with Crippen LogP contribution in [-0.2, 0) is 21.2 Å². The first-order valence-corrected chi connectivity index (χ1v) is 7.87. The van der Waals surface area contributed by atoms with Crippen molar-refractivity contribution in [2.45, 2.75) is 24.7 Å². The van der Waals surface area contributed by atoms with Crippen molar-refractivity contribution in [1.82, 2.24) is 0 Å². The SMILES string of the molecule is Cc1c(NC(=O)CCc2ccco2)cccc1S(N)(=O)=O. The van der Waals surface area contributed by atoms with E-state index >= 15 is 0 Å². The molecule has 2 rings (SSSR count). The van der Waals surface area contributed by atoms with Crippen LogP contribution >= 0.6 is 0 Å². The van der Waals surface area contributed by atoms with Gasteiger partial charge in [0.05, 0.1) is 11.2 Å². The molecule has 0 aliphatic heterocycles. The molecule has 0 saturated heterocycles. The quantitative estimate of drug-likeness (QED) is 0.879. The van der Waals surface area contributed by atoms with E-state index in [4.69, 9.17) is 9.56 Å². The molecule has 2 aromatic rings. The van der Waals surface area contributed by atoms with Gasteiger partial charge in [-0.15, -0.1) is 0 Å². The Morgan fingerprint density at radius 3 is 2.67 bits per heavy atom. The van der Waals surface area contributed by atoms with E-state index in [0.717, 1.165) is 5.76 Å². The number of hydrogen-bond acceptors (Lipinski definition) is 4. The van der Waals surface area contributed by atoms with E-state index in [1.54, 1.807) is 31.4 Å². The Hall–Kier alpha value is -2.12. The summed E-state index contributed by atoms with van der Waals surface area (Å²) in [6.07, 6.45) is 2.27. The minimum atomic E-state index is -3.81. The van der Waals surface area contributed by atoms with Crippen molar-refractivity contribution in [2.24, 2.45) is 5.14 Å². The summed E-state index contributed by atoms with van der Waals surface area (Å²) < 4.78 is 28.0. The number of aryl methyl sites for hydroxylation is 1. The topological polar surface area (TPSA) is 102 Å². The van der Waals surface area contributed by atoms with Gasteiger partial charge in [-0.25, -0.2) is 13.6 Å². The molecule has 0 radical (unpaired) electrons. The van der Waals surface area contributed by atoms with Crippen molar-refractivity contribution in [1.29, 1.82) is 0 Å². The minimum Gasteiger partial charge on any atom is -0.469 e. The molecule has 3 N–H and O–H groups in total. The van der Waals surface area contributed by atoms with Gasteiger partial charge in [-0.3, -0.25) is 4.79 Å². The number of rotatable bonds is 5. The first-order chi connectivity index (χ1) is 9.88. The largest absolute Gasteiger partial charge is 0.469 e. The zero-order chi connectivity index (χ0) is 15.5. The Bertz CT molecular complexity index is 736. The smallest absolute Gasteiger partial charge is 0.238 e. The van der Waals surface area contributed by atoms with Gasteiger partial charge >= 0.3 is 0 Å². The van der Waals surface area contributed by atoms with Crippen LogP contribution in [0.15, 0.2) is 45.9 Å². The van der Waals surface area contributed by atoms with Gasteiger partial charge in [0.25, 0.3) is 0 Å². The maximum absolute atomic E-state index is 11.9. The summed E-state index contributed by atoms with van der Waals surface area (Å²) in [5.74, 6) is 0.501. The first kappa shape index (κ1) is 15.3. The maximum atomic E-state index is 11.9. The second-order valence-corrected chi connectivity index (χ2v) is 6.13. The molecule has 0 atom stereocenters. The number of furan rings is 1. The zero-order valence-electron chi connectivity index (χ0n) is 11.5. The fourth-order valence-corrected chi connectivity index (χ4v) is 2.77. The van der Waals surface area contributed by atoms with Crippen molar-refractivity contribution < 1.29 is 17.6 Å². The van der Waals surface area contributed by atoms with Crippen molar-refractivity contribution in [3.63, 3.8) is 0 Å². The van der Waals surface area contributed by atoms with Gasteiger partial charge in [0.1, 0.15) is 5.76 Å². The Morgan fingerprint density at radius 2 is 2.05 bits per heavy atom. The lowest BCUT2D eigenvalue weighted by atomic mass is 10.2. The number of sulfonamides is 1. The zero-order valence-corrected chi connectivity index (χ0v) is 12.3. The summed E-state index contributed by atoms with van der Waals surface area (Å²) in [5, 5.41) is 7.81. The third-order valence-electron chi connectivity index (χ3n) is 3.04. The van der Waals surface area contributed by atoms with Gasteiger partial charge in [0.15, 0.2) is 0 Å². The lowest BCUT2D eigenvalue weighted by molar-refractivity contribution is -0.116. The van der Waals surface area contributed by atoms with Gasteiger partial charge < -0.3 is 9.73 Å². The van der Waals surface area contributed by atoms with E-state index in [9.17, 15) is 13.2 Å². The molecule has 0 aliphatic rings. The summed E-state index contributed by atoms with van der Waals surface area (Å²) in [7, 11) is -3.81. The lowest BCUT2D eigenvalue weighted by Crippen LogP contribution is -2.17. The van der Waals surface area contributed by atoms with Crippen LogP contribution in [-0.4, -0.2) is 14.3 Å². The molecule has 0 aliphatic carbocycles. The van der Waals surface area contributed by atoms with E-state index < -0.39 is 10.0 Å². The molecule has 0 spiro atoms. The summed E-state index contributed by atoms with van der Waals surface area (Å²) >= 11 is 0. The van der Waals surface area contributed by atoms with Crippen LogP contribution in [0.5, 0.6) is 0 Å². The van der Waals surface area contributed by atoms with E-state index in [2.05, 4.69) is 5.32 Å². The van der Waals surface area contributed by atoms with Crippen LogP contribution in [0.3, 0.4) is 0 Å². The molecular weight excluding hydrogens is 292 g/mol. The van der Waals surface area contributed by atoms with Crippen molar-refractivity contribution in [3.05, 3.63) is 47.9 Å². The van der Waals surface area contributed by atoms with E-state index in [1.165, 1.54) is 12.1 Å². The summed E-state index contributed by atoms with van der Waals surface area (Å²) in [6.45, 7) is 1.60. The van der Waals surface area contributed by atoms with E-state index in [1.807, 2.05) is 0 Å². The standard InChI is InChI=1S/C14H16N2O4S/c1-10-12(5-2-6-13(10)21(15,18)19)16-14(17)8-7-11-4-3-9-20-11/h2-6,9H,7-8H2,1H3,(H,16,17)(H2,15,18,19). The van der Waals surface area contributed by atoms with Crippen LogP contribution in [0.25, 0.3) is 0 Å². The van der Waals surface area contributed by atoms with Crippen LogP contribution in [0, 0.1) is 6.92 Å². The summed E-state index contributed by atoms with van der Waals surface area (Å²) in [5.41, 5.74) is 0.859. The average Bonchev–Trinajstić information content (AvgIpc) is 2.90. The third-order valence-corrected chi connectivity index (χ3v) is 4.10. The number of primary sulfonamides is 1. The monoisotopic (exact) mass is 308 g/mol. The van der Waals surface area contributed by atoms with Crippen molar-refractivity contribution in [3.8, 4) is 0 Å². The number of anilines is 1. The number of benzene rings is 1. The second kappa shape index (κ2) is 6.11. The van der Waals surface area contributed by atoms with Crippen LogP contribution in [0.2, 0.25) is 0 Å². The normalized spacial score (nSPS) is 11.3. The van der Waals surface area contributed by atoms with Gasteiger partial charge in [-0.2, -0.15) is 0 Å². The average molecular weight is 308 g/mol. The fourth-order valence-electron chi connectivity index (χ4n) is 1.96. The molecule has 112 valence electrons. The number of amides is 1. The van der Waals surface area contributed by atoms with Gasteiger partial charge in [-0.05, 0) is 36.8 Å². The van der Waals surface area contributed by atoms with Gasteiger partial charge in [-0.1, -0.05) is 6.07 Å². The molecule has 0 fully saturated rings. The fraction of sp³-hybridized carbons (Fsp3) is 0.214. The lowest BCUT2D eigenvalue weighted by Gasteiger charge is -2.11. The number of nitrogens with two attached hydrogens (primary N) is 1. The highest BCUT2D eigenvalue weighted by molar-refractivity contribution is 7.89. The molecule has 6 nitrogen and oxygen atoms in total. The predicted molar refractivity (Wildman–Crippen MR) is 78.2 cm³/mol. The molecule has 1 amide bonds. The van der Waals surface area contributed by atoms with Crippen molar-refractivity contribution >= 4 is 21.6 Å². The molecule has 1 aromatic heterocycles. The van der Waals surface area contributed by atoms with Crippen LogP contribution in [0.1, 0.15) is 17.7 Å². The predicted octanol–water partition coefficient (Wildman–Crippen LogP) is 1.81. The Morgan fingerprint density at radius 1 is 1.29 bits per heavy atom. The van der Waals surface area contributed by atoms with E-state index in [0.29, 0.717) is 17.7 Å². The third kappa shape index (κ3) is 3.93. The van der Waals surface area contributed by atoms with Crippen LogP contribution in [0.4, 0.5) is 5.69 Å². The van der Waals surface area contributed by atoms with Gasteiger partial charge in [0, 0.05) is 18.5 Å². The molecule has 0 saturated carbocycles. The Labute approximate surface area is 123 Å². The van der Waals surface area contributed by atoms with Gasteiger partial charge in [0.2, 0.25) is 15.9 Å². The first-order valence-electron chi connectivity index (χ1n) is 6.32. The Kier molecular flexibility index (Phi) is 4.44. The van der Waals surface area contributed by atoms with E-state index in [-0.39, 0.29) is 17.2 Å². The number of carbonyl (C=O) groups excluding carboxylic acids is 1. The van der Waals surface area contributed by atoms with Crippen LogP contribution < -0.4 is 10.5 Å². The molecule has 0 unspecified atom stereocenters. The highest BCUT2D eigenvalue weighted by Gasteiger charge is 2.15. The highest BCUT2D eigenvalue weighted by atomic mass is 32.2. The second-order valence-electron chi connectivity index (χ2n) is 4.60. The number of carbonyl (C=O) groups is 1. The molecule has 1 heterocycles. The Balaban J connectivity index is 2.07. The highest BCUT2D eigenvalue weighted by Crippen LogP contribution is 2.22. The minimum absolute atomic E-state index is 0.00587. The molecular formula is C14H16N2O4S. The number of hydrogen-bond donors (Lipinski definition) is 2. The summed E-state index contributed by atoms with van der Waals surface area (Å²) in [6, 6.07) is 8.12. The number of nitrogens with one attached hydrogen (secondary N) is 1.